The third kappa shape index (κ3) is 4.25. The van der Waals surface area contributed by atoms with E-state index < -0.39 is 5.97 Å². The number of hydrogen-bond donors (Lipinski definition) is 2. The number of esters is 1. The van der Waals surface area contributed by atoms with Gasteiger partial charge in [0.2, 0.25) is 0 Å². The summed E-state index contributed by atoms with van der Waals surface area (Å²) in [6.07, 6.45) is 4.59. The van der Waals surface area contributed by atoms with Gasteiger partial charge in [-0.25, -0.2) is 4.79 Å². The number of rotatable bonds is 5. The molecule has 0 bridgehead atoms. The number of carbonyl (C=O) groups excluding carboxylic acids is 1. The summed E-state index contributed by atoms with van der Waals surface area (Å²) in [5.74, 6) is -0.458. The fourth-order valence-corrected chi connectivity index (χ4v) is 2.77. The summed E-state index contributed by atoms with van der Waals surface area (Å²) in [6.45, 7) is 1.51. The van der Waals surface area contributed by atoms with E-state index in [0.29, 0.717) is 28.5 Å². The van der Waals surface area contributed by atoms with Crippen LogP contribution in [-0.2, 0) is 9.47 Å². The van der Waals surface area contributed by atoms with Crippen LogP contribution in [0.25, 0.3) is 0 Å². The molecule has 1 aromatic rings. The molecular formula is C15H21ClN2O3. The molecule has 0 aromatic heterocycles. The largest absolute Gasteiger partial charge is 0.465 e. The summed E-state index contributed by atoms with van der Waals surface area (Å²) in [4.78, 5) is 11.8. The number of nitrogens with two attached hydrogens (primary N) is 1. The third-order valence-electron chi connectivity index (χ3n) is 3.56. The molecule has 116 valence electrons. The molecule has 2 rings (SSSR count). The monoisotopic (exact) mass is 312 g/mol. The fraction of sp³-hybridized carbons (Fsp3) is 0.533. The molecule has 0 amide bonds. The quantitative estimate of drug-likeness (QED) is 0.645. The number of methoxy groups -OCH3 is 1. The third-order valence-corrected chi connectivity index (χ3v) is 3.86. The molecule has 1 aliphatic rings. The van der Waals surface area contributed by atoms with Crippen molar-refractivity contribution in [3.8, 4) is 0 Å². The van der Waals surface area contributed by atoms with Gasteiger partial charge in [-0.2, -0.15) is 0 Å². The highest BCUT2D eigenvalue weighted by molar-refractivity contribution is 6.34. The first-order chi connectivity index (χ1) is 10.1. The number of ether oxygens (including phenoxy) is 2. The van der Waals surface area contributed by atoms with Gasteiger partial charge in [-0.05, 0) is 37.8 Å². The Kier molecular flexibility index (Phi) is 5.70. The molecule has 6 heteroatoms. The van der Waals surface area contributed by atoms with Gasteiger partial charge >= 0.3 is 5.97 Å². The molecule has 1 fully saturated rings. The number of nitrogen functional groups attached to an aromatic ring is 1. The molecule has 1 unspecified atom stereocenters. The van der Waals surface area contributed by atoms with E-state index in [1.807, 2.05) is 0 Å². The van der Waals surface area contributed by atoms with Crippen molar-refractivity contribution < 1.29 is 14.3 Å². The number of carbonyl (C=O) groups is 1. The van der Waals surface area contributed by atoms with Gasteiger partial charge in [0.1, 0.15) is 0 Å². The van der Waals surface area contributed by atoms with Gasteiger partial charge in [0.25, 0.3) is 0 Å². The first-order valence-corrected chi connectivity index (χ1v) is 7.52. The molecule has 1 saturated heterocycles. The van der Waals surface area contributed by atoms with Gasteiger partial charge < -0.3 is 20.5 Å². The van der Waals surface area contributed by atoms with Crippen LogP contribution in [0.1, 0.15) is 36.0 Å². The number of benzene rings is 1. The smallest absolute Gasteiger partial charge is 0.340 e. The summed E-state index contributed by atoms with van der Waals surface area (Å²) in [5, 5.41) is 3.62. The average Bonchev–Trinajstić information content (AvgIpc) is 2.49. The van der Waals surface area contributed by atoms with Crippen LogP contribution < -0.4 is 11.1 Å². The molecule has 0 radical (unpaired) electrons. The van der Waals surface area contributed by atoms with Crippen molar-refractivity contribution in [2.75, 3.05) is 31.3 Å². The van der Waals surface area contributed by atoms with Crippen LogP contribution >= 0.6 is 11.6 Å². The lowest BCUT2D eigenvalue weighted by molar-refractivity contribution is 0.0134. The first-order valence-electron chi connectivity index (χ1n) is 7.14. The molecule has 21 heavy (non-hydrogen) atoms. The zero-order chi connectivity index (χ0) is 15.2. The summed E-state index contributed by atoms with van der Waals surface area (Å²) in [6, 6.07) is 3.19. The van der Waals surface area contributed by atoms with Gasteiger partial charge in [-0.1, -0.05) is 11.6 Å². The Morgan fingerprint density at radius 3 is 3.00 bits per heavy atom. The van der Waals surface area contributed by atoms with E-state index in [9.17, 15) is 4.79 Å². The van der Waals surface area contributed by atoms with Crippen molar-refractivity contribution in [2.24, 2.45) is 0 Å². The van der Waals surface area contributed by atoms with E-state index in [0.717, 1.165) is 25.9 Å². The number of nitrogens with one attached hydrogen (secondary N) is 1. The normalized spacial score (nSPS) is 18.3. The van der Waals surface area contributed by atoms with E-state index >= 15 is 0 Å². The van der Waals surface area contributed by atoms with Crippen molar-refractivity contribution in [1.82, 2.24) is 0 Å². The number of anilines is 2. The van der Waals surface area contributed by atoms with Crippen LogP contribution in [0.5, 0.6) is 0 Å². The fourth-order valence-electron chi connectivity index (χ4n) is 2.47. The summed E-state index contributed by atoms with van der Waals surface area (Å²) in [7, 11) is 1.33. The van der Waals surface area contributed by atoms with E-state index in [4.69, 9.17) is 26.8 Å². The maximum absolute atomic E-state index is 11.8. The minimum absolute atomic E-state index is 0.278. The van der Waals surface area contributed by atoms with Crippen molar-refractivity contribution >= 4 is 28.9 Å². The van der Waals surface area contributed by atoms with Crippen molar-refractivity contribution in [3.05, 3.63) is 22.7 Å². The lowest BCUT2D eigenvalue weighted by Gasteiger charge is -2.23. The Hall–Kier alpha value is -1.46. The van der Waals surface area contributed by atoms with E-state index in [1.165, 1.54) is 13.5 Å². The standard InChI is InChI=1S/C15H21ClN2O3/c1-20-15(19)12-8-10(17)9-13(16)14(12)18-6-5-11-4-2-3-7-21-11/h8-9,11,18H,2-7,17H2,1H3. The van der Waals surface area contributed by atoms with Crippen LogP contribution in [0, 0.1) is 0 Å². The highest BCUT2D eigenvalue weighted by Gasteiger charge is 2.17. The number of hydrogen-bond acceptors (Lipinski definition) is 5. The molecule has 1 heterocycles. The van der Waals surface area contributed by atoms with Crippen LogP contribution in [0.15, 0.2) is 12.1 Å². The van der Waals surface area contributed by atoms with E-state index in [-0.39, 0.29) is 6.10 Å². The van der Waals surface area contributed by atoms with Gasteiger partial charge in [0, 0.05) is 18.8 Å². The average molecular weight is 313 g/mol. The SMILES string of the molecule is COC(=O)c1cc(N)cc(Cl)c1NCCC1CCCCO1. The van der Waals surface area contributed by atoms with Crippen LogP contribution in [0.3, 0.4) is 0 Å². The lowest BCUT2D eigenvalue weighted by Crippen LogP contribution is -2.22. The Balaban J connectivity index is 2.02. The molecule has 0 aliphatic carbocycles. The molecule has 1 aliphatic heterocycles. The van der Waals surface area contributed by atoms with Gasteiger partial charge in [0.15, 0.2) is 0 Å². The first kappa shape index (κ1) is 15.9. The van der Waals surface area contributed by atoms with Crippen LogP contribution in [-0.4, -0.2) is 32.3 Å². The molecule has 3 N–H and O–H groups in total. The Morgan fingerprint density at radius 1 is 1.52 bits per heavy atom. The topological polar surface area (TPSA) is 73.6 Å². The van der Waals surface area contributed by atoms with Crippen LogP contribution in [0.4, 0.5) is 11.4 Å². The van der Waals surface area contributed by atoms with Crippen molar-refractivity contribution in [3.63, 3.8) is 0 Å². The zero-order valence-corrected chi connectivity index (χ0v) is 12.9. The zero-order valence-electron chi connectivity index (χ0n) is 12.2. The maximum atomic E-state index is 11.8. The maximum Gasteiger partial charge on any atom is 0.340 e. The molecule has 1 atom stereocenters. The van der Waals surface area contributed by atoms with E-state index in [2.05, 4.69) is 5.32 Å². The Bertz CT molecular complexity index is 502. The summed E-state index contributed by atoms with van der Waals surface area (Å²) in [5.41, 5.74) is 7.08. The van der Waals surface area contributed by atoms with Crippen molar-refractivity contribution in [1.29, 1.82) is 0 Å². The van der Waals surface area contributed by atoms with Gasteiger partial charge in [-0.15, -0.1) is 0 Å². The second kappa shape index (κ2) is 7.52. The minimum Gasteiger partial charge on any atom is -0.465 e. The Labute approximate surface area is 129 Å². The second-order valence-electron chi connectivity index (χ2n) is 5.12. The van der Waals surface area contributed by atoms with Crippen molar-refractivity contribution in [2.45, 2.75) is 31.8 Å². The second-order valence-corrected chi connectivity index (χ2v) is 5.53. The highest BCUT2D eigenvalue weighted by atomic mass is 35.5. The summed E-state index contributed by atoms with van der Waals surface area (Å²) < 4.78 is 10.4. The van der Waals surface area contributed by atoms with Gasteiger partial charge in [-0.3, -0.25) is 0 Å². The predicted octanol–water partition coefficient (Wildman–Crippen LogP) is 3.08. The molecule has 1 aromatic carbocycles. The summed E-state index contributed by atoms with van der Waals surface area (Å²) >= 11 is 6.18. The minimum atomic E-state index is -0.458. The molecule has 0 spiro atoms. The molecule has 5 nitrogen and oxygen atoms in total. The van der Waals surface area contributed by atoms with Gasteiger partial charge in [0.05, 0.1) is 29.5 Å². The number of halogens is 1. The molecule has 0 saturated carbocycles. The lowest BCUT2D eigenvalue weighted by atomic mass is 10.1. The highest BCUT2D eigenvalue weighted by Crippen LogP contribution is 2.30. The van der Waals surface area contributed by atoms with E-state index in [1.54, 1.807) is 12.1 Å². The predicted molar refractivity (Wildman–Crippen MR) is 83.9 cm³/mol. The van der Waals surface area contributed by atoms with Crippen LogP contribution in [0.2, 0.25) is 5.02 Å². The Morgan fingerprint density at radius 2 is 2.33 bits per heavy atom. The molecular weight excluding hydrogens is 292 g/mol.